The number of esters is 1. The van der Waals surface area contributed by atoms with Crippen molar-refractivity contribution in [3.63, 3.8) is 0 Å². The minimum atomic E-state index is -0.391. The molecule has 2 aromatic carbocycles. The zero-order valence-electron chi connectivity index (χ0n) is 13.6. The normalized spacial score (nSPS) is 16.1. The van der Waals surface area contributed by atoms with Gasteiger partial charge in [0.25, 0.3) is 0 Å². The van der Waals surface area contributed by atoms with Crippen molar-refractivity contribution < 1.29 is 23.8 Å². The molecule has 1 atom stereocenters. The van der Waals surface area contributed by atoms with Gasteiger partial charge in [-0.3, -0.25) is 4.79 Å². The quantitative estimate of drug-likeness (QED) is 0.809. The van der Waals surface area contributed by atoms with Gasteiger partial charge in [0.1, 0.15) is 11.5 Å². The number of Topliss-reactive ketones (excluding diaryl/α,β-unsaturated/α-hetero) is 1. The molecular weight excluding hydrogens is 308 g/mol. The Morgan fingerprint density at radius 1 is 1.21 bits per heavy atom. The summed E-state index contributed by atoms with van der Waals surface area (Å²) in [5, 5.41) is 0. The highest BCUT2D eigenvalue weighted by molar-refractivity contribution is 6.01. The molecule has 0 aliphatic carbocycles. The summed E-state index contributed by atoms with van der Waals surface area (Å²) < 4.78 is 15.6. The number of carbonyl (C=O) groups excluding carboxylic acids is 2. The molecule has 0 spiro atoms. The average molecular weight is 326 g/mol. The van der Waals surface area contributed by atoms with Gasteiger partial charge >= 0.3 is 5.97 Å². The molecule has 0 radical (unpaired) electrons. The highest BCUT2D eigenvalue weighted by Crippen LogP contribution is 2.32. The zero-order valence-corrected chi connectivity index (χ0v) is 13.6. The topological polar surface area (TPSA) is 61.8 Å². The molecule has 1 heterocycles. The van der Waals surface area contributed by atoms with E-state index in [9.17, 15) is 9.59 Å². The molecule has 1 aliphatic heterocycles. The monoisotopic (exact) mass is 326 g/mol. The maximum absolute atomic E-state index is 12.7. The largest absolute Gasteiger partial charge is 0.497 e. The molecule has 0 bridgehead atoms. The molecule has 124 valence electrons. The van der Waals surface area contributed by atoms with Gasteiger partial charge in [-0.1, -0.05) is 12.1 Å². The predicted octanol–water partition coefficient (Wildman–Crippen LogP) is 2.92. The van der Waals surface area contributed by atoms with Crippen LogP contribution in [0.2, 0.25) is 0 Å². The number of rotatable bonds is 4. The van der Waals surface area contributed by atoms with E-state index in [1.165, 1.54) is 7.11 Å². The van der Waals surface area contributed by atoms with Crippen molar-refractivity contribution in [1.29, 1.82) is 0 Å². The predicted molar refractivity (Wildman–Crippen MR) is 87.8 cm³/mol. The first-order valence-corrected chi connectivity index (χ1v) is 7.64. The van der Waals surface area contributed by atoms with Crippen LogP contribution in [-0.4, -0.2) is 32.6 Å². The molecule has 1 aliphatic rings. The molecule has 5 nitrogen and oxygen atoms in total. The lowest BCUT2D eigenvalue weighted by Gasteiger charge is -2.24. The van der Waals surface area contributed by atoms with Gasteiger partial charge in [0, 0.05) is 0 Å². The van der Waals surface area contributed by atoms with Crippen molar-refractivity contribution in [2.45, 2.75) is 6.42 Å². The maximum Gasteiger partial charge on any atom is 0.337 e. The third-order valence-corrected chi connectivity index (χ3v) is 4.09. The fourth-order valence-electron chi connectivity index (χ4n) is 2.82. The van der Waals surface area contributed by atoms with E-state index in [0.717, 1.165) is 5.56 Å². The van der Waals surface area contributed by atoms with Gasteiger partial charge in [-0.15, -0.1) is 0 Å². The number of carbonyl (C=O) groups is 2. The van der Waals surface area contributed by atoms with Crippen LogP contribution in [0, 0.1) is 5.92 Å². The summed E-state index contributed by atoms with van der Waals surface area (Å²) in [5.41, 5.74) is 1.90. The number of hydrogen-bond acceptors (Lipinski definition) is 5. The van der Waals surface area contributed by atoms with Crippen molar-refractivity contribution in [3.05, 3.63) is 59.2 Å². The standard InChI is InChI=1S/C19H18O5/c1-22-15-6-7-17-16(10-15)18(20)14(11-24-17)9-12-4-3-5-13(8-12)19(21)23-2/h3-8,10,14H,9,11H2,1-2H3/t14-/m1/s1. The van der Waals surface area contributed by atoms with Crippen LogP contribution in [0.5, 0.6) is 11.5 Å². The van der Waals surface area contributed by atoms with Crippen LogP contribution in [-0.2, 0) is 11.2 Å². The lowest BCUT2D eigenvalue weighted by Crippen LogP contribution is -2.29. The third kappa shape index (κ3) is 3.11. The Balaban J connectivity index is 1.81. The number of methoxy groups -OCH3 is 2. The van der Waals surface area contributed by atoms with E-state index in [1.54, 1.807) is 43.5 Å². The molecule has 0 aromatic heterocycles. The van der Waals surface area contributed by atoms with Crippen LogP contribution in [0.1, 0.15) is 26.3 Å². The molecule has 5 heteroatoms. The zero-order chi connectivity index (χ0) is 17.1. The van der Waals surface area contributed by atoms with Crippen molar-refractivity contribution in [2.24, 2.45) is 5.92 Å². The molecule has 3 rings (SSSR count). The lowest BCUT2D eigenvalue weighted by molar-refractivity contribution is 0.0600. The summed E-state index contributed by atoms with van der Waals surface area (Å²) >= 11 is 0. The fourth-order valence-corrected chi connectivity index (χ4v) is 2.82. The van der Waals surface area contributed by atoms with Crippen molar-refractivity contribution >= 4 is 11.8 Å². The smallest absolute Gasteiger partial charge is 0.337 e. The SMILES string of the molecule is COC(=O)c1cccc(C[C@@H]2COc3ccc(OC)cc3C2=O)c1. The van der Waals surface area contributed by atoms with E-state index in [0.29, 0.717) is 35.7 Å². The molecule has 0 amide bonds. The number of benzene rings is 2. The average Bonchev–Trinajstić information content (AvgIpc) is 2.63. The van der Waals surface area contributed by atoms with Crippen LogP contribution in [0.4, 0.5) is 0 Å². The van der Waals surface area contributed by atoms with Crippen LogP contribution < -0.4 is 9.47 Å². The van der Waals surface area contributed by atoms with Gasteiger partial charge in [0.15, 0.2) is 5.78 Å². The van der Waals surface area contributed by atoms with E-state index in [4.69, 9.17) is 14.2 Å². The van der Waals surface area contributed by atoms with Gasteiger partial charge < -0.3 is 14.2 Å². The summed E-state index contributed by atoms with van der Waals surface area (Å²) in [6, 6.07) is 12.3. The van der Waals surface area contributed by atoms with E-state index < -0.39 is 5.97 Å². The summed E-state index contributed by atoms with van der Waals surface area (Å²) in [7, 11) is 2.91. The number of ketones is 1. The van der Waals surface area contributed by atoms with Crippen LogP contribution in [0.3, 0.4) is 0 Å². The fraction of sp³-hybridized carbons (Fsp3) is 0.263. The molecule has 0 saturated heterocycles. The highest BCUT2D eigenvalue weighted by atomic mass is 16.5. The molecule has 0 unspecified atom stereocenters. The number of ether oxygens (including phenoxy) is 3. The second kappa shape index (κ2) is 6.74. The summed E-state index contributed by atoms with van der Waals surface area (Å²) in [6.07, 6.45) is 0.500. The number of fused-ring (bicyclic) bond motifs is 1. The van der Waals surface area contributed by atoms with Crippen LogP contribution >= 0.6 is 0 Å². The minimum absolute atomic E-state index is 0.0265. The molecular formula is C19H18O5. The Bertz CT molecular complexity index is 781. The maximum atomic E-state index is 12.7. The Morgan fingerprint density at radius 2 is 2.04 bits per heavy atom. The highest BCUT2D eigenvalue weighted by Gasteiger charge is 2.29. The molecule has 0 saturated carbocycles. The molecule has 24 heavy (non-hydrogen) atoms. The summed E-state index contributed by atoms with van der Waals surface area (Å²) in [5.74, 6) is 0.550. The lowest BCUT2D eigenvalue weighted by atomic mass is 9.89. The minimum Gasteiger partial charge on any atom is -0.497 e. The van der Waals surface area contributed by atoms with Gasteiger partial charge in [0.05, 0.1) is 37.9 Å². The Labute approximate surface area is 140 Å². The summed E-state index contributed by atoms with van der Waals surface area (Å²) in [4.78, 5) is 24.4. The number of hydrogen-bond donors (Lipinski definition) is 0. The van der Waals surface area contributed by atoms with E-state index in [-0.39, 0.29) is 11.7 Å². The summed E-state index contributed by atoms with van der Waals surface area (Å²) in [6.45, 7) is 0.320. The van der Waals surface area contributed by atoms with Gasteiger partial charge in [-0.25, -0.2) is 4.79 Å². The Morgan fingerprint density at radius 3 is 2.79 bits per heavy atom. The first kappa shape index (κ1) is 16.1. The first-order chi connectivity index (χ1) is 11.6. The third-order valence-electron chi connectivity index (χ3n) is 4.09. The van der Waals surface area contributed by atoms with Gasteiger partial charge in [-0.05, 0) is 42.3 Å². The second-order valence-electron chi connectivity index (χ2n) is 5.63. The second-order valence-corrected chi connectivity index (χ2v) is 5.63. The van der Waals surface area contributed by atoms with Crippen molar-refractivity contribution in [3.8, 4) is 11.5 Å². The van der Waals surface area contributed by atoms with Crippen LogP contribution in [0.25, 0.3) is 0 Å². The van der Waals surface area contributed by atoms with E-state index in [1.807, 2.05) is 6.07 Å². The molecule has 0 fully saturated rings. The van der Waals surface area contributed by atoms with Crippen molar-refractivity contribution in [1.82, 2.24) is 0 Å². The van der Waals surface area contributed by atoms with E-state index >= 15 is 0 Å². The molecule has 2 aromatic rings. The Hall–Kier alpha value is -2.82. The van der Waals surface area contributed by atoms with Crippen molar-refractivity contribution in [2.75, 3.05) is 20.8 Å². The molecule has 0 N–H and O–H groups in total. The van der Waals surface area contributed by atoms with E-state index in [2.05, 4.69) is 0 Å². The Kier molecular flexibility index (Phi) is 4.51. The van der Waals surface area contributed by atoms with Crippen LogP contribution in [0.15, 0.2) is 42.5 Å². The van der Waals surface area contributed by atoms with Gasteiger partial charge in [0.2, 0.25) is 0 Å². The first-order valence-electron chi connectivity index (χ1n) is 7.64. The van der Waals surface area contributed by atoms with Gasteiger partial charge in [-0.2, -0.15) is 0 Å².